The third-order valence-electron chi connectivity index (χ3n) is 5.02. The smallest absolute Gasteiger partial charge is 0.254 e. The lowest BCUT2D eigenvalue weighted by Gasteiger charge is -2.25. The molecule has 0 bridgehead atoms. The minimum atomic E-state index is -0.0359. The van der Waals surface area contributed by atoms with E-state index in [1.54, 1.807) is 0 Å². The minimum absolute atomic E-state index is 0.0150. The van der Waals surface area contributed by atoms with Gasteiger partial charge < -0.3 is 10.2 Å². The van der Waals surface area contributed by atoms with Crippen LogP contribution >= 0.6 is 0 Å². The van der Waals surface area contributed by atoms with Gasteiger partial charge in [-0.3, -0.25) is 9.59 Å². The van der Waals surface area contributed by atoms with E-state index in [1.807, 2.05) is 60.4 Å². The van der Waals surface area contributed by atoms with E-state index in [0.29, 0.717) is 6.54 Å². The van der Waals surface area contributed by atoms with Gasteiger partial charge in [0.2, 0.25) is 5.91 Å². The summed E-state index contributed by atoms with van der Waals surface area (Å²) in [6.45, 7) is 7.08. The first kappa shape index (κ1) is 18.9. The van der Waals surface area contributed by atoms with E-state index >= 15 is 0 Å². The lowest BCUT2D eigenvalue weighted by Crippen LogP contribution is -2.34. The van der Waals surface area contributed by atoms with Gasteiger partial charge in [0.25, 0.3) is 5.91 Å². The maximum Gasteiger partial charge on any atom is 0.254 e. The summed E-state index contributed by atoms with van der Waals surface area (Å²) < 4.78 is 0. The van der Waals surface area contributed by atoms with E-state index in [1.165, 1.54) is 12.5 Å². The van der Waals surface area contributed by atoms with Crippen molar-refractivity contribution in [3.8, 4) is 11.1 Å². The summed E-state index contributed by atoms with van der Waals surface area (Å²) >= 11 is 0. The summed E-state index contributed by atoms with van der Waals surface area (Å²) in [7, 11) is 0. The summed E-state index contributed by atoms with van der Waals surface area (Å²) in [4.78, 5) is 25.7. The zero-order chi connectivity index (χ0) is 19.4. The van der Waals surface area contributed by atoms with Crippen molar-refractivity contribution in [1.29, 1.82) is 0 Å². The topological polar surface area (TPSA) is 49.4 Å². The van der Waals surface area contributed by atoms with Gasteiger partial charge in [-0.05, 0) is 49.1 Å². The molecule has 4 nitrogen and oxygen atoms in total. The summed E-state index contributed by atoms with van der Waals surface area (Å²) in [5.41, 5.74) is 5.30. The van der Waals surface area contributed by atoms with E-state index in [9.17, 15) is 9.59 Å². The van der Waals surface area contributed by atoms with Crippen molar-refractivity contribution >= 4 is 11.8 Å². The summed E-state index contributed by atoms with van der Waals surface area (Å²) in [6, 6.07) is 15.9. The predicted molar refractivity (Wildman–Crippen MR) is 108 cm³/mol. The molecule has 27 heavy (non-hydrogen) atoms. The third kappa shape index (κ3) is 4.64. The summed E-state index contributed by atoms with van der Waals surface area (Å²) in [5, 5.41) is 2.89. The van der Waals surface area contributed by atoms with Gasteiger partial charge in [-0.1, -0.05) is 48.0 Å². The molecular weight excluding hydrogens is 336 g/mol. The van der Waals surface area contributed by atoms with Crippen LogP contribution in [0.2, 0.25) is 0 Å². The third-order valence-corrected chi connectivity index (χ3v) is 5.02. The Bertz CT molecular complexity index is 851. The van der Waals surface area contributed by atoms with Crippen LogP contribution in [-0.2, 0) is 4.79 Å². The van der Waals surface area contributed by atoms with Gasteiger partial charge in [0.05, 0.1) is 6.04 Å². The van der Waals surface area contributed by atoms with Gasteiger partial charge in [-0.2, -0.15) is 0 Å². The molecule has 0 fully saturated rings. The van der Waals surface area contributed by atoms with Crippen LogP contribution in [0.5, 0.6) is 0 Å². The van der Waals surface area contributed by atoms with Crippen LogP contribution in [-0.4, -0.2) is 29.8 Å². The Morgan fingerprint density at radius 1 is 1.00 bits per heavy atom. The first-order chi connectivity index (χ1) is 12.9. The van der Waals surface area contributed by atoms with Crippen LogP contribution < -0.4 is 5.32 Å². The van der Waals surface area contributed by atoms with E-state index in [0.717, 1.165) is 35.2 Å². The average Bonchev–Trinajstić information content (AvgIpc) is 2.68. The molecule has 140 valence electrons. The molecule has 3 rings (SSSR count). The molecule has 1 atom stereocenters. The number of rotatable bonds is 4. The molecule has 2 aromatic rings. The number of nitrogens with zero attached hydrogens (tertiary/aromatic N) is 1. The number of nitrogens with one attached hydrogen (secondary N) is 1. The largest absolute Gasteiger partial charge is 0.350 e. The minimum Gasteiger partial charge on any atom is -0.350 e. The normalized spacial score (nSPS) is 15.1. The molecule has 1 aliphatic rings. The Morgan fingerprint density at radius 3 is 2.11 bits per heavy atom. The van der Waals surface area contributed by atoms with E-state index in [4.69, 9.17) is 0 Å². The molecule has 0 saturated carbocycles. The molecule has 1 N–H and O–H groups in total. The van der Waals surface area contributed by atoms with Crippen LogP contribution in [0.25, 0.3) is 11.1 Å². The monoisotopic (exact) mass is 362 g/mol. The fraction of sp³-hybridized carbons (Fsp3) is 0.304. The molecule has 1 heterocycles. The van der Waals surface area contributed by atoms with Crippen molar-refractivity contribution < 1.29 is 9.59 Å². The van der Waals surface area contributed by atoms with Gasteiger partial charge in [-0.15, -0.1) is 0 Å². The van der Waals surface area contributed by atoms with Gasteiger partial charge in [0, 0.05) is 25.6 Å². The van der Waals surface area contributed by atoms with Crippen LogP contribution in [0.4, 0.5) is 0 Å². The van der Waals surface area contributed by atoms with Gasteiger partial charge in [-0.25, -0.2) is 0 Å². The molecule has 4 heteroatoms. The van der Waals surface area contributed by atoms with Gasteiger partial charge in [0.1, 0.15) is 0 Å². The fourth-order valence-corrected chi connectivity index (χ4v) is 3.30. The first-order valence-corrected chi connectivity index (χ1v) is 9.36. The Kier molecular flexibility index (Phi) is 5.75. The van der Waals surface area contributed by atoms with Crippen LogP contribution in [0.3, 0.4) is 0 Å². The molecule has 0 aliphatic carbocycles. The summed E-state index contributed by atoms with van der Waals surface area (Å²) in [5.74, 6) is 0.0518. The number of hydrogen-bond donors (Lipinski definition) is 1. The zero-order valence-corrected chi connectivity index (χ0v) is 16.2. The fourth-order valence-electron chi connectivity index (χ4n) is 3.30. The Labute approximate surface area is 160 Å². The SMILES string of the molecule is CC(=O)N[C@H](C)c1ccc(-c2ccc(C(=O)N3CC=C(C)CC3)cc2)cc1. The Balaban J connectivity index is 1.70. The molecular formula is C23H26N2O2. The van der Waals surface area contributed by atoms with Crippen LogP contribution in [0.1, 0.15) is 49.2 Å². The number of carbonyl (C=O) groups is 2. The van der Waals surface area contributed by atoms with E-state index in [2.05, 4.69) is 18.3 Å². The molecule has 0 saturated heterocycles. The Hall–Kier alpha value is -2.88. The highest BCUT2D eigenvalue weighted by Gasteiger charge is 2.17. The van der Waals surface area contributed by atoms with Crippen molar-refractivity contribution in [1.82, 2.24) is 10.2 Å². The first-order valence-electron chi connectivity index (χ1n) is 9.36. The van der Waals surface area contributed by atoms with Gasteiger partial charge >= 0.3 is 0 Å². The zero-order valence-electron chi connectivity index (χ0n) is 16.2. The second-order valence-electron chi connectivity index (χ2n) is 7.17. The number of carbonyl (C=O) groups excluding carboxylic acids is 2. The number of amides is 2. The van der Waals surface area contributed by atoms with E-state index < -0.39 is 0 Å². The highest BCUT2D eigenvalue weighted by Crippen LogP contribution is 2.23. The lowest BCUT2D eigenvalue weighted by molar-refractivity contribution is -0.119. The highest BCUT2D eigenvalue weighted by atomic mass is 16.2. The van der Waals surface area contributed by atoms with Crippen molar-refractivity contribution in [2.75, 3.05) is 13.1 Å². The van der Waals surface area contributed by atoms with Crippen molar-refractivity contribution in [2.24, 2.45) is 0 Å². The van der Waals surface area contributed by atoms with Crippen molar-refractivity contribution in [3.05, 3.63) is 71.3 Å². The maximum absolute atomic E-state index is 12.6. The van der Waals surface area contributed by atoms with Crippen LogP contribution in [0.15, 0.2) is 60.2 Å². The molecule has 0 radical (unpaired) electrons. The number of benzene rings is 2. The second-order valence-corrected chi connectivity index (χ2v) is 7.17. The van der Waals surface area contributed by atoms with Crippen LogP contribution in [0, 0.1) is 0 Å². The predicted octanol–water partition coefficient (Wildman–Crippen LogP) is 4.34. The summed E-state index contributed by atoms with van der Waals surface area (Å²) in [6.07, 6.45) is 3.08. The van der Waals surface area contributed by atoms with Crippen molar-refractivity contribution in [3.63, 3.8) is 0 Å². The maximum atomic E-state index is 12.6. The molecule has 2 aromatic carbocycles. The molecule has 0 spiro atoms. The van der Waals surface area contributed by atoms with E-state index in [-0.39, 0.29) is 17.9 Å². The molecule has 0 aromatic heterocycles. The van der Waals surface area contributed by atoms with Crippen molar-refractivity contribution in [2.45, 2.75) is 33.2 Å². The lowest BCUT2D eigenvalue weighted by atomic mass is 10.00. The highest BCUT2D eigenvalue weighted by molar-refractivity contribution is 5.95. The molecule has 2 amide bonds. The number of hydrogen-bond acceptors (Lipinski definition) is 2. The second kappa shape index (κ2) is 8.21. The van der Waals surface area contributed by atoms with Gasteiger partial charge in [0.15, 0.2) is 0 Å². The Morgan fingerprint density at radius 2 is 1.59 bits per heavy atom. The average molecular weight is 362 g/mol. The molecule has 1 aliphatic heterocycles. The quantitative estimate of drug-likeness (QED) is 0.823. The molecule has 0 unspecified atom stereocenters. The standard InChI is InChI=1S/C23H26N2O2/c1-16-12-14-25(15-13-16)23(27)22-10-8-21(9-11-22)20-6-4-19(5-7-20)17(2)24-18(3)26/h4-12,17H,13-15H2,1-3H3,(H,24,26)/t17-/m1/s1.